The van der Waals surface area contributed by atoms with Gasteiger partial charge in [-0.25, -0.2) is 15.8 Å². The number of hydrogen-bond acceptors (Lipinski definition) is 6. The molecule has 0 spiro atoms. The molecule has 4 N–H and O–H groups in total. The van der Waals surface area contributed by atoms with Gasteiger partial charge in [-0.1, -0.05) is 6.92 Å². The van der Waals surface area contributed by atoms with E-state index in [2.05, 4.69) is 25.7 Å². The van der Waals surface area contributed by atoms with Gasteiger partial charge >= 0.3 is 0 Å². The van der Waals surface area contributed by atoms with E-state index in [9.17, 15) is 0 Å². The molecule has 0 bridgehead atoms. The topological polar surface area (TPSA) is 88.8 Å². The number of aromatic nitrogens is 3. The maximum Gasteiger partial charge on any atom is 0.148 e. The largest absolute Gasteiger partial charge is 0.366 e. The van der Waals surface area contributed by atoms with Crippen LogP contribution in [0.1, 0.15) is 23.6 Å². The van der Waals surface area contributed by atoms with Gasteiger partial charge in [-0.15, -0.1) is 0 Å². The maximum atomic E-state index is 5.45. The van der Waals surface area contributed by atoms with Crippen LogP contribution in [0.3, 0.4) is 0 Å². The van der Waals surface area contributed by atoms with Crippen LogP contribution in [0.4, 0.5) is 11.6 Å². The van der Waals surface area contributed by atoms with Gasteiger partial charge in [0, 0.05) is 24.5 Å². The minimum Gasteiger partial charge on any atom is -0.366 e. The molecule has 0 fully saturated rings. The summed E-state index contributed by atoms with van der Waals surface area (Å²) in [7, 11) is 0. The molecule has 0 aromatic carbocycles. The molecule has 2 aromatic heterocycles. The number of nitrogens with zero attached hydrogens (tertiary/aromatic N) is 3. The smallest absolute Gasteiger partial charge is 0.148 e. The Labute approximate surface area is 112 Å². The van der Waals surface area contributed by atoms with Gasteiger partial charge in [0.15, 0.2) is 0 Å². The minimum atomic E-state index is 0.659. The number of rotatable bonds is 5. The van der Waals surface area contributed by atoms with E-state index < -0.39 is 0 Å². The summed E-state index contributed by atoms with van der Waals surface area (Å²) in [5.74, 6) is 6.92. The fourth-order valence-electron chi connectivity index (χ4n) is 1.90. The van der Waals surface area contributed by atoms with E-state index in [1.807, 2.05) is 26.1 Å². The van der Waals surface area contributed by atoms with Crippen molar-refractivity contribution in [1.29, 1.82) is 0 Å². The van der Waals surface area contributed by atoms with Gasteiger partial charge in [0.05, 0.1) is 0 Å². The molecule has 100 valence electrons. The highest BCUT2D eigenvalue weighted by molar-refractivity contribution is 5.57. The molecule has 0 saturated carbocycles. The number of nitrogen functional groups attached to an aromatic ring is 1. The zero-order valence-electron chi connectivity index (χ0n) is 11.1. The normalized spacial score (nSPS) is 10.3. The lowest BCUT2D eigenvalue weighted by atomic mass is 10.1. The molecule has 6 nitrogen and oxygen atoms in total. The van der Waals surface area contributed by atoms with Crippen molar-refractivity contribution < 1.29 is 0 Å². The molecular weight excluding hydrogens is 240 g/mol. The van der Waals surface area contributed by atoms with Crippen molar-refractivity contribution >= 4 is 11.6 Å². The van der Waals surface area contributed by atoms with E-state index in [0.29, 0.717) is 12.4 Å². The highest BCUT2D eigenvalue weighted by Crippen LogP contribution is 2.20. The van der Waals surface area contributed by atoms with Gasteiger partial charge in [0.1, 0.15) is 18.0 Å². The first-order valence-electron chi connectivity index (χ1n) is 6.20. The Kier molecular flexibility index (Phi) is 4.25. The number of nitrogens with two attached hydrogens (primary N) is 1. The van der Waals surface area contributed by atoms with Crippen molar-refractivity contribution in [2.24, 2.45) is 5.84 Å². The van der Waals surface area contributed by atoms with Crippen LogP contribution in [0.15, 0.2) is 24.8 Å². The molecule has 2 aromatic rings. The SMILES string of the molecule is CCc1c(NN)ncnc1NCc1ccncc1C. The number of aryl methyl sites for hydroxylation is 1. The van der Waals surface area contributed by atoms with Crippen LogP contribution >= 0.6 is 0 Å². The highest BCUT2D eigenvalue weighted by Gasteiger charge is 2.08. The molecule has 6 heteroatoms. The third-order valence-corrected chi connectivity index (χ3v) is 3.02. The van der Waals surface area contributed by atoms with Crippen molar-refractivity contribution in [3.63, 3.8) is 0 Å². The Morgan fingerprint density at radius 3 is 2.74 bits per heavy atom. The summed E-state index contributed by atoms with van der Waals surface area (Å²) < 4.78 is 0. The first-order chi connectivity index (χ1) is 9.26. The minimum absolute atomic E-state index is 0.659. The van der Waals surface area contributed by atoms with E-state index in [1.54, 1.807) is 6.20 Å². The van der Waals surface area contributed by atoms with Crippen LogP contribution in [0.25, 0.3) is 0 Å². The molecule has 0 atom stereocenters. The van der Waals surface area contributed by atoms with Crippen LogP contribution in [-0.4, -0.2) is 15.0 Å². The van der Waals surface area contributed by atoms with Crippen molar-refractivity contribution in [2.75, 3.05) is 10.7 Å². The van der Waals surface area contributed by atoms with Crippen molar-refractivity contribution in [3.05, 3.63) is 41.5 Å². The summed E-state index contributed by atoms with van der Waals surface area (Å²) in [4.78, 5) is 12.5. The second-order valence-electron chi connectivity index (χ2n) is 4.20. The molecule has 0 amide bonds. The third-order valence-electron chi connectivity index (χ3n) is 3.02. The quantitative estimate of drug-likeness (QED) is 0.558. The van der Waals surface area contributed by atoms with E-state index in [1.165, 1.54) is 11.9 Å². The maximum absolute atomic E-state index is 5.45. The predicted molar refractivity (Wildman–Crippen MR) is 75.5 cm³/mol. The predicted octanol–water partition coefficient (Wildman–Crippen LogP) is 1.64. The molecule has 0 aliphatic carbocycles. The number of hydrazine groups is 1. The van der Waals surface area contributed by atoms with Crippen LogP contribution in [-0.2, 0) is 13.0 Å². The second kappa shape index (κ2) is 6.10. The first kappa shape index (κ1) is 13.2. The molecule has 0 aliphatic rings. The standard InChI is InChI=1S/C13H18N6/c1-3-11-12(17-8-18-13(11)19-14)16-7-10-4-5-15-6-9(10)2/h4-6,8H,3,7,14H2,1-2H3,(H2,16,17,18,19). The monoisotopic (exact) mass is 258 g/mol. The highest BCUT2D eigenvalue weighted by atomic mass is 15.3. The van der Waals surface area contributed by atoms with Gasteiger partial charge in [-0.05, 0) is 30.5 Å². The second-order valence-corrected chi connectivity index (χ2v) is 4.20. The lowest BCUT2D eigenvalue weighted by Gasteiger charge is -2.13. The molecular formula is C13H18N6. The summed E-state index contributed by atoms with van der Waals surface area (Å²) in [6.45, 7) is 4.78. The number of hydrogen-bond donors (Lipinski definition) is 3. The van der Waals surface area contributed by atoms with Crippen LogP contribution < -0.4 is 16.6 Å². The number of anilines is 2. The van der Waals surface area contributed by atoms with Crippen molar-refractivity contribution in [1.82, 2.24) is 15.0 Å². The van der Waals surface area contributed by atoms with Crippen LogP contribution in [0.5, 0.6) is 0 Å². The lowest BCUT2D eigenvalue weighted by Crippen LogP contribution is -2.14. The average molecular weight is 258 g/mol. The van der Waals surface area contributed by atoms with Gasteiger partial charge in [-0.2, -0.15) is 0 Å². The summed E-state index contributed by atoms with van der Waals surface area (Å²) in [5.41, 5.74) is 5.92. The number of pyridine rings is 1. The Morgan fingerprint density at radius 2 is 2.05 bits per heavy atom. The van der Waals surface area contributed by atoms with Gasteiger partial charge in [0.25, 0.3) is 0 Å². The van der Waals surface area contributed by atoms with Crippen LogP contribution in [0.2, 0.25) is 0 Å². The number of nitrogens with one attached hydrogen (secondary N) is 2. The fourth-order valence-corrected chi connectivity index (χ4v) is 1.90. The van der Waals surface area contributed by atoms with E-state index in [-0.39, 0.29) is 0 Å². The van der Waals surface area contributed by atoms with E-state index in [0.717, 1.165) is 23.4 Å². The van der Waals surface area contributed by atoms with Gasteiger partial charge in [0.2, 0.25) is 0 Å². The molecule has 2 heterocycles. The van der Waals surface area contributed by atoms with Crippen molar-refractivity contribution in [2.45, 2.75) is 26.8 Å². The Balaban J connectivity index is 2.18. The Morgan fingerprint density at radius 1 is 1.26 bits per heavy atom. The van der Waals surface area contributed by atoms with Crippen LogP contribution in [0, 0.1) is 6.92 Å². The average Bonchev–Trinajstić information content (AvgIpc) is 2.45. The summed E-state index contributed by atoms with van der Waals surface area (Å²) >= 11 is 0. The summed E-state index contributed by atoms with van der Waals surface area (Å²) in [5, 5.41) is 3.32. The molecule has 0 aliphatic heterocycles. The van der Waals surface area contributed by atoms with Gasteiger partial charge < -0.3 is 10.7 Å². The fraction of sp³-hybridized carbons (Fsp3) is 0.308. The first-order valence-corrected chi connectivity index (χ1v) is 6.20. The zero-order valence-corrected chi connectivity index (χ0v) is 11.1. The lowest BCUT2D eigenvalue weighted by molar-refractivity contribution is 0.997. The van der Waals surface area contributed by atoms with Gasteiger partial charge in [-0.3, -0.25) is 4.98 Å². The molecule has 2 rings (SSSR count). The Hall–Kier alpha value is -2.21. The van der Waals surface area contributed by atoms with Crippen molar-refractivity contribution in [3.8, 4) is 0 Å². The molecule has 19 heavy (non-hydrogen) atoms. The zero-order chi connectivity index (χ0) is 13.7. The van der Waals surface area contributed by atoms with E-state index in [4.69, 9.17) is 5.84 Å². The molecule has 0 radical (unpaired) electrons. The molecule has 0 unspecified atom stereocenters. The summed E-state index contributed by atoms with van der Waals surface area (Å²) in [6.07, 6.45) is 5.94. The molecule has 0 saturated heterocycles. The Bertz CT molecular complexity index is 555. The summed E-state index contributed by atoms with van der Waals surface area (Å²) in [6, 6.07) is 2.00. The third kappa shape index (κ3) is 2.97. The van der Waals surface area contributed by atoms with E-state index >= 15 is 0 Å².